The van der Waals surface area contributed by atoms with Crippen molar-refractivity contribution in [1.29, 1.82) is 0 Å². The summed E-state index contributed by atoms with van der Waals surface area (Å²) in [6, 6.07) is 0. The van der Waals surface area contributed by atoms with Crippen LogP contribution in [-0.2, 0) is 65.4 Å². The minimum absolute atomic E-state index is 0.0988. The molecule has 5 atom stereocenters. The van der Waals surface area contributed by atoms with Gasteiger partial charge < -0.3 is 33.8 Å². The number of aliphatic hydroxyl groups is 1. The van der Waals surface area contributed by atoms with Crippen LogP contribution in [0.5, 0.6) is 0 Å². The molecule has 0 amide bonds. The molecule has 19 heteroatoms. The van der Waals surface area contributed by atoms with Gasteiger partial charge in [-0.1, -0.05) is 315 Å². The summed E-state index contributed by atoms with van der Waals surface area (Å²) in [5.74, 6) is -2.15. The normalized spacial score (nSPS) is 14.2. The summed E-state index contributed by atoms with van der Waals surface area (Å²) in [6.07, 6.45) is 62.8. The smallest absolute Gasteiger partial charge is 0.462 e. The molecule has 5 unspecified atom stereocenters. The Bertz CT molecular complexity index is 1930. The quantitative estimate of drug-likeness (QED) is 0.0169. The summed E-state index contributed by atoms with van der Waals surface area (Å²) in [6.45, 7) is 4.81. The highest BCUT2D eigenvalue weighted by atomic mass is 31.2. The van der Waals surface area contributed by atoms with Gasteiger partial charge in [0.2, 0.25) is 0 Å². The van der Waals surface area contributed by atoms with Gasteiger partial charge in [0.05, 0.1) is 26.4 Å². The van der Waals surface area contributed by atoms with E-state index in [1.165, 1.54) is 161 Å². The minimum Gasteiger partial charge on any atom is -0.462 e. The highest BCUT2D eigenvalue weighted by Crippen LogP contribution is 2.45. The first kappa shape index (κ1) is 91.3. The average Bonchev–Trinajstić information content (AvgIpc) is 1.35. The van der Waals surface area contributed by atoms with E-state index < -0.39 is 97.5 Å². The van der Waals surface area contributed by atoms with Crippen molar-refractivity contribution in [3.63, 3.8) is 0 Å². The third-order valence-electron chi connectivity index (χ3n) is 16.6. The maximum absolute atomic E-state index is 13.1. The van der Waals surface area contributed by atoms with E-state index in [0.717, 1.165) is 122 Å². The lowest BCUT2D eigenvalue weighted by atomic mass is 10.0. The van der Waals surface area contributed by atoms with E-state index in [0.29, 0.717) is 25.7 Å². The van der Waals surface area contributed by atoms with Crippen molar-refractivity contribution in [3.8, 4) is 0 Å². The molecule has 0 saturated carbocycles. The van der Waals surface area contributed by atoms with E-state index in [2.05, 4.69) is 64.2 Å². The van der Waals surface area contributed by atoms with Crippen molar-refractivity contribution in [3.05, 3.63) is 36.5 Å². The SMILES string of the molecule is CC/C=C\C/C=C\C/C=C\CCCCCCCC(=O)OCC(COP(=O)(O)OCC(O)COP(=O)(O)OCC(COC(=O)CCCCCCCCCCCCCCCCC)OC(=O)CCCCCCCCCCCCCCC)OC(=O)CCCCCCCCCCCCC. The van der Waals surface area contributed by atoms with E-state index in [1.807, 2.05) is 0 Å². The zero-order valence-electron chi connectivity index (χ0n) is 60.2. The van der Waals surface area contributed by atoms with Crippen molar-refractivity contribution in [1.82, 2.24) is 0 Å². The van der Waals surface area contributed by atoms with Crippen molar-refractivity contribution in [2.24, 2.45) is 0 Å². The topological polar surface area (TPSA) is 237 Å². The van der Waals surface area contributed by atoms with Crippen molar-refractivity contribution in [2.75, 3.05) is 39.6 Å². The highest BCUT2D eigenvalue weighted by Gasteiger charge is 2.30. The van der Waals surface area contributed by atoms with Crippen molar-refractivity contribution >= 4 is 39.5 Å². The average molecular weight is 1380 g/mol. The second kappa shape index (κ2) is 68.8. The molecular formula is C75H140O17P2. The molecule has 0 aromatic rings. The maximum atomic E-state index is 13.1. The van der Waals surface area contributed by atoms with Gasteiger partial charge in [0.25, 0.3) is 0 Å². The number of unbranched alkanes of at least 4 members (excludes halogenated alkanes) is 41. The fourth-order valence-corrected chi connectivity index (χ4v) is 12.4. The second-order valence-corrected chi connectivity index (χ2v) is 28.8. The molecule has 0 fully saturated rings. The van der Waals surface area contributed by atoms with Gasteiger partial charge in [0, 0.05) is 25.7 Å². The predicted octanol–water partition coefficient (Wildman–Crippen LogP) is 21.6. The molecule has 94 heavy (non-hydrogen) atoms. The third kappa shape index (κ3) is 67.8. The molecule has 0 heterocycles. The van der Waals surface area contributed by atoms with E-state index in [9.17, 15) is 43.2 Å². The minimum atomic E-state index is -4.96. The first-order chi connectivity index (χ1) is 45.7. The number of rotatable bonds is 73. The molecule has 17 nitrogen and oxygen atoms in total. The molecule has 552 valence electrons. The van der Waals surface area contributed by atoms with Gasteiger partial charge in [-0.15, -0.1) is 0 Å². The Hall–Kier alpha value is -2.72. The highest BCUT2D eigenvalue weighted by molar-refractivity contribution is 7.47. The monoisotopic (exact) mass is 1370 g/mol. The summed E-state index contributed by atoms with van der Waals surface area (Å²) < 4.78 is 68.4. The van der Waals surface area contributed by atoms with Crippen LogP contribution in [0.3, 0.4) is 0 Å². The standard InChI is InChI=1S/C75H140O17P2/c1-5-9-13-17-21-25-29-32-34-37-40-43-47-51-55-59-72(77)85-65-70(91-74(79)61-57-53-49-45-39-28-24-20-16-12-8-4)67-89-93(81,82)87-63-69(76)64-88-94(83,84)90-68-71(92-75(80)62-58-54-50-46-42-36-31-27-23-19-15-11-7-3)66-86-73(78)60-56-52-48-44-41-38-35-33-30-26-22-18-14-10-6-2/h9,13,21,25,32,34,69-71,76H,5-8,10-12,14-20,22-24,26-31,33,35-68H2,1-4H3,(H,81,82)(H,83,84)/b13-9-,25-21-,34-32-. The van der Waals surface area contributed by atoms with Crippen LogP contribution in [0, 0.1) is 0 Å². The molecule has 0 aromatic heterocycles. The van der Waals surface area contributed by atoms with Crippen LogP contribution in [0.2, 0.25) is 0 Å². The van der Waals surface area contributed by atoms with E-state index >= 15 is 0 Å². The lowest BCUT2D eigenvalue weighted by Gasteiger charge is -2.21. The zero-order valence-corrected chi connectivity index (χ0v) is 61.9. The van der Waals surface area contributed by atoms with Crippen LogP contribution in [0.15, 0.2) is 36.5 Å². The molecule has 0 aliphatic heterocycles. The van der Waals surface area contributed by atoms with Gasteiger partial charge in [0.15, 0.2) is 12.2 Å². The van der Waals surface area contributed by atoms with Crippen LogP contribution >= 0.6 is 15.6 Å². The van der Waals surface area contributed by atoms with Gasteiger partial charge in [-0.3, -0.25) is 37.3 Å². The van der Waals surface area contributed by atoms with Crippen LogP contribution in [-0.4, -0.2) is 96.7 Å². The maximum Gasteiger partial charge on any atom is 0.472 e. The number of hydrogen-bond donors (Lipinski definition) is 3. The molecule has 0 radical (unpaired) electrons. The first-order valence-electron chi connectivity index (χ1n) is 38.2. The fourth-order valence-electron chi connectivity index (χ4n) is 10.8. The summed E-state index contributed by atoms with van der Waals surface area (Å²) in [5, 5.41) is 10.6. The lowest BCUT2D eigenvalue weighted by Crippen LogP contribution is -2.30. The lowest BCUT2D eigenvalue weighted by molar-refractivity contribution is -0.161. The number of carbonyl (C=O) groups excluding carboxylic acids is 4. The number of hydrogen-bond acceptors (Lipinski definition) is 15. The van der Waals surface area contributed by atoms with Crippen LogP contribution in [0.25, 0.3) is 0 Å². The van der Waals surface area contributed by atoms with Gasteiger partial charge in [0.1, 0.15) is 19.3 Å². The molecule has 0 spiro atoms. The largest absolute Gasteiger partial charge is 0.472 e. The molecule has 0 saturated heterocycles. The first-order valence-corrected chi connectivity index (χ1v) is 41.2. The molecule has 0 aliphatic rings. The molecule has 0 rings (SSSR count). The van der Waals surface area contributed by atoms with Crippen LogP contribution in [0.4, 0.5) is 0 Å². The van der Waals surface area contributed by atoms with E-state index in [1.54, 1.807) is 0 Å². The zero-order chi connectivity index (χ0) is 69.0. The number of aliphatic hydroxyl groups excluding tert-OH is 1. The Balaban J connectivity index is 5.27. The van der Waals surface area contributed by atoms with Gasteiger partial charge >= 0.3 is 39.5 Å². The Morgan fingerprint density at radius 3 is 0.851 bits per heavy atom. The second-order valence-electron chi connectivity index (χ2n) is 25.9. The third-order valence-corrected chi connectivity index (χ3v) is 18.6. The Labute approximate surface area is 573 Å². The van der Waals surface area contributed by atoms with Gasteiger partial charge in [-0.05, 0) is 57.8 Å². The number of phosphoric ester groups is 2. The van der Waals surface area contributed by atoms with E-state index in [4.69, 9.17) is 37.0 Å². The number of phosphoric acid groups is 2. The van der Waals surface area contributed by atoms with Crippen molar-refractivity contribution < 1.29 is 80.2 Å². The number of ether oxygens (including phenoxy) is 4. The summed E-state index contributed by atoms with van der Waals surface area (Å²) in [7, 11) is -9.92. The van der Waals surface area contributed by atoms with Gasteiger partial charge in [-0.2, -0.15) is 0 Å². The number of carbonyl (C=O) groups is 4. The molecule has 0 aliphatic carbocycles. The fraction of sp³-hybridized carbons (Fsp3) is 0.867. The molecule has 3 N–H and O–H groups in total. The Morgan fingerprint density at radius 1 is 0.309 bits per heavy atom. The van der Waals surface area contributed by atoms with Crippen LogP contribution < -0.4 is 0 Å². The molecule has 0 aromatic carbocycles. The van der Waals surface area contributed by atoms with E-state index in [-0.39, 0.29) is 25.7 Å². The molecule has 0 bridgehead atoms. The van der Waals surface area contributed by atoms with Gasteiger partial charge in [-0.25, -0.2) is 9.13 Å². The predicted molar refractivity (Wildman–Crippen MR) is 381 cm³/mol. The summed E-state index contributed by atoms with van der Waals surface area (Å²) >= 11 is 0. The molecular weight excluding hydrogens is 1230 g/mol. The summed E-state index contributed by atoms with van der Waals surface area (Å²) in [4.78, 5) is 72.7. The Kier molecular flexibility index (Phi) is 66.8. The summed E-state index contributed by atoms with van der Waals surface area (Å²) in [5.41, 5.74) is 0. The number of esters is 4. The number of allylic oxidation sites excluding steroid dienone is 6. The van der Waals surface area contributed by atoms with Crippen molar-refractivity contribution in [2.45, 2.75) is 380 Å². The Morgan fingerprint density at radius 2 is 0.553 bits per heavy atom. The van der Waals surface area contributed by atoms with Crippen LogP contribution in [0.1, 0.15) is 362 Å².